The van der Waals surface area contributed by atoms with Gasteiger partial charge in [-0.05, 0) is 30.5 Å². The van der Waals surface area contributed by atoms with Gasteiger partial charge in [0.05, 0.1) is 25.5 Å². The zero-order chi connectivity index (χ0) is 17.4. The third-order valence-corrected chi connectivity index (χ3v) is 4.59. The monoisotopic (exact) mass is 344 g/mol. The fourth-order valence-corrected chi connectivity index (χ4v) is 3.26. The summed E-state index contributed by atoms with van der Waals surface area (Å²) < 4.78 is 12.9. The third-order valence-electron chi connectivity index (χ3n) is 4.59. The molecule has 1 aromatic carbocycles. The van der Waals surface area contributed by atoms with Crippen LogP contribution in [0.3, 0.4) is 0 Å². The second-order valence-electron chi connectivity index (χ2n) is 6.57. The molecule has 1 aromatic heterocycles. The lowest BCUT2D eigenvalue weighted by Gasteiger charge is -2.34. The van der Waals surface area contributed by atoms with Gasteiger partial charge in [0.25, 0.3) is 0 Å². The van der Waals surface area contributed by atoms with Crippen LogP contribution >= 0.6 is 0 Å². The molecule has 4 rings (SSSR count). The Morgan fingerprint density at radius 2 is 2.24 bits per heavy atom. The van der Waals surface area contributed by atoms with Gasteiger partial charge in [-0.1, -0.05) is 17.3 Å². The minimum atomic E-state index is -1.25. The van der Waals surface area contributed by atoms with Crippen molar-refractivity contribution in [3.8, 4) is 0 Å². The Morgan fingerprint density at radius 1 is 1.44 bits per heavy atom. The second-order valence-corrected chi connectivity index (χ2v) is 6.57. The summed E-state index contributed by atoms with van der Waals surface area (Å²) in [6.45, 7) is 2.50. The first-order valence-corrected chi connectivity index (χ1v) is 8.29. The van der Waals surface area contributed by atoms with Crippen LogP contribution in [0.15, 0.2) is 30.5 Å². The molecule has 2 saturated heterocycles. The number of carbonyl (C=O) groups is 1. The van der Waals surface area contributed by atoms with Gasteiger partial charge >= 0.3 is 0 Å². The maximum Gasteiger partial charge on any atom is 0.221 e. The molecule has 0 spiro atoms. The van der Waals surface area contributed by atoms with Gasteiger partial charge in [0, 0.05) is 12.6 Å². The molecule has 3 heterocycles. The van der Waals surface area contributed by atoms with Gasteiger partial charge < -0.3 is 19.9 Å². The molecule has 0 saturated carbocycles. The van der Waals surface area contributed by atoms with Crippen LogP contribution < -0.4 is 5.32 Å². The van der Waals surface area contributed by atoms with Crippen molar-refractivity contribution >= 4 is 11.6 Å². The van der Waals surface area contributed by atoms with E-state index in [0.717, 1.165) is 17.7 Å². The maximum absolute atomic E-state index is 11.0. The maximum atomic E-state index is 11.0. The zero-order valence-electron chi connectivity index (χ0n) is 13.9. The van der Waals surface area contributed by atoms with Gasteiger partial charge in [-0.25, -0.2) is 4.68 Å². The molecule has 0 radical (unpaired) electrons. The van der Waals surface area contributed by atoms with Gasteiger partial charge in [0.15, 0.2) is 11.9 Å². The SMILES string of the molecule is CC(=O)Nc1ccc(Cn2cc(C3(O)CC[C@H]4CO[C@@H]3O4)nn2)cc1. The average molecular weight is 344 g/mol. The normalized spacial score (nSPS) is 28.1. The van der Waals surface area contributed by atoms with Crippen LogP contribution in [-0.4, -0.2) is 45.0 Å². The van der Waals surface area contributed by atoms with E-state index in [2.05, 4.69) is 15.6 Å². The molecule has 132 valence electrons. The van der Waals surface area contributed by atoms with E-state index in [0.29, 0.717) is 25.3 Å². The fraction of sp³-hybridized carbons (Fsp3) is 0.471. The van der Waals surface area contributed by atoms with Gasteiger partial charge in [0.2, 0.25) is 5.91 Å². The van der Waals surface area contributed by atoms with Gasteiger partial charge in [-0.3, -0.25) is 4.79 Å². The molecule has 8 nitrogen and oxygen atoms in total. The van der Waals surface area contributed by atoms with E-state index in [1.165, 1.54) is 6.92 Å². The number of hydrogen-bond donors (Lipinski definition) is 2. The molecule has 25 heavy (non-hydrogen) atoms. The highest BCUT2D eigenvalue weighted by atomic mass is 16.7. The minimum Gasteiger partial charge on any atom is -0.378 e. The zero-order valence-corrected chi connectivity index (χ0v) is 13.9. The molecule has 1 unspecified atom stereocenters. The Morgan fingerprint density at radius 3 is 3.00 bits per heavy atom. The molecule has 2 aliphatic heterocycles. The first-order chi connectivity index (χ1) is 12.0. The highest BCUT2D eigenvalue weighted by Gasteiger charge is 2.51. The Balaban J connectivity index is 1.47. The summed E-state index contributed by atoms with van der Waals surface area (Å²) in [5, 5.41) is 21.9. The highest BCUT2D eigenvalue weighted by molar-refractivity contribution is 5.88. The fourth-order valence-electron chi connectivity index (χ4n) is 3.26. The van der Waals surface area contributed by atoms with Crippen molar-refractivity contribution in [2.45, 2.75) is 44.3 Å². The number of ether oxygens (including phenoxy) is 2. The summed E-state index contributed by atoms with van der Waals surface area (Å²) in [6, 6.07) is 7.50. The molecular weight excluding hydrogens is 324 g/mol. The first-order valence-electron chi connectivity index (χ1n) is 8.29. The van der Waals surface area contributed by atoms with E-state index in [9.17, 15) is 9.90 Å². The number of amides is 1. The van der Waals surface area contributed by atoms with Crippen LogP contribution in [0, 0.1) is 0 Å². The summed E-state index contributed by atoms with van der Waals surface area (Å²) in [4.78, 5) is 11.0. The lowest BCUT2D eigenvalue weighted by Crippen LogP contribution is -2.44. The number of nitrogens with one attached hydrogen (secondary N) is 1. The van der Waals surface area contributed by atoms with E-state index in [1.54, 1.807) is 10.9 Å². The predicted molar refractivity (Wildman–Crippen MR) is 87.6 cm³/mol. The van der Waals surface area contributed by atoms with E-state index < -0.39 is 11.9 Å². The largest absolute Gasteiger partial charge is 0.378 e. The van der Waals surface area contributed by atoms with E-state index in [4.69, 9.17) is 9.47 Å². The lowest BCUT2D eigenvalue weighted by molar-refractivity contribution is -0.219. The van der Waals surface area contributed by atoms with Crippen molar-refractivity contribution in [2.24, 2.45) is 0 Å². The number of aliphatic hydroxyl groups is 1. The van der Waals surface area contributed by atoms with Gasteiger partial charge in [-0.15, -0.1) is 5.10 Å². The van der Waals surface area contributed by atoms with Crippen LogP contribution in [0.2, 0.25) is 0 Å². The Bertz CT molecular complexity index is 775. The molecule has 8 heteroatoms. The summed E-state index contributed by atoms with van der Waals surface area (Å²) >= 11 is 0. The van der Waals surface area contributed by atoms with Crippen LogP contribution in [0.1, 0.15) is 31.0 Å². The molecule has 2 N–H and O–H groups in total. The Kier molecular flexibility index (Phi) is 4.03. The van der Waals surface area contributed by atoms with Crippen molar-refractivity contribution in [2.75, 3.05) is 11.9 Å². The van der Waals surface area contributed by atoms with E-state index in [1.807, 2.05) is 24.3 Å². The number of fused-ring (bicyclic) bond motifs is 2. The number of nitrogens with zero attached hydrogens (tertiary/aromatic N) is 3. The lowest BCUT2D eigenvalue weighted by atomic mass is 9.90. The summed E-state index contributed by atoms with van der Waals surface area (Å²) in [5.41, 5.74) is 0.972. The summed E-state index contributed by atoms with van der Waals surface area (Å²) in [7, 11) is 0. The predicted octanol–water partition coefficient (Wildman–Crippen LogP) is 1.01. The van der Waals surface area contributed by atoms with E-state index in [-0.39, 0.29) is 12.0 Å². The number of benzene rings is 1. The Labute approximate surface area is 144 Å². The molecule has 0 aliphatic carbocycles. The van der Waals surface area contributed by atoms with Crippen LogP contribution in [0.5, 0.6) is 0 Å². The highest BCUT2D eigenvalue weighted by Crippen LogP contribution is 2.40. The number of hydrogen-bond acceptors (Lipinski definition) is 6. The van der Waals surface area contributed by atoms with Crippen LogP contribution in [-0.2, 0) is 26.4 Å². The molecule has 1 amide bonds. The van der Waals surface area contributed by atoms with Crippen molar-refractivity contribution in [1.82, 2.24) is 15.0 Å². The molecule has 2 aliphatic rings. The standard InChI is InChI=1S/C17H20N4O4/c1-11(22)18-13-4-2-12(3-5-13)8-21-9-15(19-20-21)17(23)7-6-14-10-24-16(17)25-14/h2-5,9,14,16,23H,6-8,10H2,1H3,(H,18,22)/t14-,16+,17?/m0/s1. The first kappa shape index (κ1) is 16.2. The van der Waals surface area contributed by atoms with E-state index >= 15 is 0 Å². The second kappa shape index (κ2) is 6.21. The van der Waals surface area contributed by atoms with Crippen molar-refractivity contribution < 1.29 is 19.4 Å². The molecule has 3 atom stereocenters. The van der Waals surface area contributed by atoms with Crippen LogP contribution in [0.4, 0.5) is 5.69 Å². The summed E-state index contributed by atoms with van der Waals surface area (Å²) in [5.74, 6) is -0.104. The number of carbonyl (C=O) groups excluding carboxylic acids is 1. The molecular formula is C17H20N4O4. The van der Waals surface area contributed by atoms with Crippen molar-refractivity contribution in [1.29, 1.82) is 0 Å². The van der Waals surface area contributed by atoms with Crippen molar-refractivity contribution in [3.63, 3.8) is 0 Å². The topological polar surface area (TPSA) is 98.5 Å². The number of rotatable bonds is 4. The average Bonchev–Trinajstić information content (AvgIpc) is 3.21. The molecule has 2 aromatic rings. The van der Waals surface area contributed by atoms with Crippen LogP contribution in [0.25, 0.3) is 0 Å². The number of anilines is 1. The third kappa shape index (κ3) is 3.15. The summed E-state index contributed by atoms with van der Waals surface area (Å²) in [6.07, 6.45) is 2.42. The van der Waals surface area contributed by atoms with Crippen molar-refractivity contribution in [3.05, 3.63) is 41.7 Å². The van der Waals surface area contributed by atoms with Gasteiger partial charge in [-0.2, -0.15) is 0 Å². The molecule has 2 bridgehead atoms. The molecule has 2 fully saturated rings. The smallest absolute Gasteiger partial charge is 0.221 e. The minimum absolute atomic E-state index is 0.0717. The van der Waals surface area contributed by atoms with Gasteiger partial charge in [0.1, 0.15) is 5.69 Å². The Hall–Kier alpha value is -2.29. The quantitative estimate of drug-likeness (QED) is 0.859. The number of aromatic nitrogens is 3.